The van der Waals surface area contributed by atoms with Crippen molar-refractivity contribution in [2.24, 2.45) is 5.92 Å². The second-order valence-corrected chi connectivity index (χ2v) is 4.85. The average Bonchev–Trinajstić information content (AvgIpc) is 2.19. The number of halogens is 1. The number of carbonyl (C=O) groups is 1. The highest BCUT2D eigenvalue weighted by molar-refractivity contribution is 14.1. The largest absolute Gasteiger partial charge is 0.481 e. The Kier molecular flexibility index (Phi) is 4.57. The minimum absolute atomic E-state index is 0.0181. The van der Waals surface area contributed by atoms with Gasteiger partial charge >= 0.3 is 5.97 Å². The second kappa shape index (κ2) is 5.49. The number of carboxylic acids is 1. The van der Waals surface area contributed by atoms with Crippen molar-refractivity contribution in [3.63, 3.8) is 0 Å². The summed E-state index contributed by atoms with van der Waals surface area (Å²) in [6, 6.07) is 8.97. The number of benzene rings is 1. The van der Waals surface area contributed by atoms with Gasteiger partial charge in [-0.2, -0.15) is 0 Å². The van der Waals surface area contributed by atoms with Gasteiger partial charge in [-0.25, -0.2) is 0 Å². The fraction of sp³-hybridized carbons (Fsp3) is 0.417. The van der Waals surface area contributed by atoms with Crippen molar-refractivity contribution in [2.45, 2.75) is 26.2 Å². The standard InChI is InChI=1S/C12H14IO2/c1-3-11(12(14)15)8(2)9-4-6-10(13)7-5-9/h4,6-8,11H,3H2,1-2H3,(H,14,15). The highest BCUT2D eigenvalue weighted by Crippen LogP contribution is 2.26. The molecule has 0 aliphatic carbocycles. The molecule has 2 nitrogen and oxygen atoms in total. The minimum Gasteiger partial charge on any atom is -0.481 e. The maximum atomic E-state index is 11.0. The van der Waals surface area contributed by atoms with Crippen LogP contribution in [-0.4, -0.2) is 11.1 Å². The number of carboxylic acid groups (broad SMARTS) is 1. The molecule has 15 heavy (non-hydrogen) atoms. The first-order valence-electron chi connectivity index (χ1n) is 4.96. The van der Waals surface area contributed by atoms with E-state index in [9.17, 15) is 4.79 Å². The van der Waals surface area contributed by atoms with E-state index in [1.807, 2.05) is 32.0 Å². The fourth-order valence-corrected chi connectivity index (χ4v) is 2.00. The Morgan fingerprint density at radius 1 is 1.60 bits per heavy atom. The monoisotopic (exact) mass is 317 g/mol. The van der Waals surface area contributed by atoms with Crippen LogP contribution in [0.25, 0.3) is 0 Å². The van der Waals surface area contributed by atoms with Gasteiger partial charge in [0.05, 0.1) is 5.92 Å². The molecule has 0 bridgehead atoms. The van der Waals surface area contributed by atoms with Crippen LogP contribution in [0.5, 0.6) is 0 Å². The molecule has 1 aromatic rings. The maximum Gasteiger partial charge on any atom is 0.307 e. The zero-order valence-electron chi connectivity index (χ0n) is 8.83. The maximum absolute atomic E-state index is 11.0. The number of hydrogen-bond donors (Lipinski definition) is 1. The van der Waals surface area contributed by atoms with E-state index in [1.54, 1.807) is 0 Å². The summed E-state index contributed by atoms with van der Waals surface area (Å²) in [6.07, 6.45) is 0.649. The molecule has 0 saturated carbocycles. The van der Waals surface area contributed by atoms with Crippen LogP contribution in [0.1, 0.15) is 31.7 Å². The van der Waals surface area contributed by atoms with Gasteiger partial charge in [0.2, 0.25) is 0 Å². The molecule has 0 aliphatic rings. The summed E-state index contributed by atoms with van der Waals surface area (Å²) in [7, 11) is 0. The summed E-state index contributed by atoms with van der Waals surface area (Å²) in [6.45, 7) is 3.85. The molecule has 1 rings (SSSR count). The number of rotatable bonds is 4. The quantitative estimate of drug-likeness (QED) is 0.865. The molecule has 81 valence electrons. The van der Waals surface area contributed by atoms with Crippen molar-refractivity contribution in [3.05, 3.63) is 33.4 Å². The van der Waals surface area contributed by atoms with Gasteiger partial charge in [-0.15, -0.1) is 0 Å². The molecule has 0 saturated heterocycles. The smallest absolute Gasteiger partial charge is 0.307 e. The molecule has 2 atom stereocenters. The summed E-state index contributed by atoms with van der Waals surface area (Å²) in [5.74, 6) is -1.03. The molecule has 0 fully saturated rings. The van der Waals surface area contributed by atoms with Crippen LogP contribution < -0.4 is 0 Å². The Bertz CT molecular complexity index is 332. The second-order valence-electron chi connectivity index (χ2n) is 3.60. The zero-order valence-corrected chi connectivity index (χ0v) is 11.0. The van der Waals surface area contributed by atoms with Crippen molar-refractivity contribution < 1.29 is 9.90 Å². The summed E-state index contributed by atoms with van der Waals surface area (Å²) in [5, 5.41) is 9.04. The van der Waals surface area contributed by atoms with E-state index in [-0.39, 0.29) is 11.8 Å². The number of aliphatic carboxylic acids is 1. The normalized spacial score (nSPS) is 14.6. The molecular formula is C12H14IO2. The third kappa shape index (κ3) is 3.19. The van der Waals surface area contributed by atoms with E-state index in [2.05, 4.69) is 28.7 Å². The number of hydrogen-bond acceptors (Lipinski definition) is 1. The van der Waals surface area contributed by atoms with E-state index >= 15 is 0 Å². The van der Waals surface area contributed by atoms with Crippen molar-refractivity contribution in [3.8, 4) is 0 Å². The van der Waals surface area contributed by atoms with Gasteiger partial charge < -0.3 is 5.11 Å². The van der Waals surface area contributed by atoms with Crippen LogP contribution >= 0.6 is 22.6 Å². The highest BCUT2D eigenvalue weighted by Gasteiger charge is 2.23. The van der Waals surface area contributed by atoms with Crippen LogP contribution in [0, 0.1) is 15.6 Å². The van der Waals surface area contributed by atoms with Gasteiger partial charge in [0.25, 0.3) is 0 Å². The lowest BCUT2D eigenvalue weighted by molar-refractivity contribution is -0.142. The van der Waals surface area contributed by atoms with Gasteiger partial charge in [0, 0.05) is 3.57 Å². The van der Waals surface area contributed by atoms with E-state index in [1.165, 1.54) is 0 Å². The van der Waals surface area contributed by atoms with Crippen molar-refractivity contribution in [1.82, 2.24) is 0 Å². The minimum atomic E-state index is -0.725. The molecule has 0 aromatic heterocycles. The molecule has 0 amide bonds. The molecule has 3 heteroatoms. The lowest BCUT2D eigenvalue weighted by Crippen LogP contribution is -2.19. The van der Waals surface area contributed by atoms with Crippen molar-refractivity contribution in [2.75, 3.05) is 0 Å². The lowest BCUT2D eigenvalue weighted by Gasteiger charge is -2.18. The highest BCUT2D eigenvalue weighted by atomic mass is 127. The van der Waals surface area contributed by atoms with Crippen LogP contribution in [0.4, 0.5) is 0 Å². The van der Waals surface area contributed by atoms with Crippen LogP contribution in [0.15, 0.2) is 18.2 Å². The Hall–Kier alpha value is -0.580. The molecule has 0 heterocycles. The van der Waals surface area contributed by atoms with Crippen LogP contribution in [0.3, 0.4) is 0 Å². The van der Waals surface area contributed by atoms with Crippen LogP contribution in [-0.2, 0) is 4.79 Å². The molecule has 1 N–H and O–H groups in total. The SMILES string of the molecule is CCC(C(=O)O)C(C)c1[c]cc(I)cc1. The first kappa shape index (κ1) is 12.5. The van der Waals surface area contributed by atoms with Gasteiger partial charge in [-0.05, 0) is 58.7 Å². The van der Waals surface area contributed by atoms with Gasteiger partial charge in [-0.1, -0.05) is 19.9 Å². The van der Waals surface area contributed by atoms with Gasteiger partial charge in [0.15, 0.2) is 0 Å². The molecular weight excluding hydrogens is 303 g/mol. The first-order chi connectivity index (χ1) is 7.06. The third-order valence-corrected chi connectivity index (χ3v) is 3.32. The topological polar surface area (TPSA) is 37.3 Å². The fourth-order valence-electron chi connectivity index (χ4n) is 1.66. The summed E-state index contributed by atoms with van der Waals surface area (Å²) in [5.41, 5.74) is 0.977. The predicted molar refractivity (Wildman–Crippen MR) is 67.8 cm³/mol. The Labute approximate surface area is 104 Å². The molecule has 1 aromatic carbocycles. The zero-order chi connectivity index (χ0) is 11.4. The van der Waals surface area contributed by atoms with Crippen molar-refractivity contribution in [1.29, 1.82) is 0 Å². The molecule has 1 radical (unpaired) electrons. The molecule has 0 spiro atoms. The van der Waals surface area contributed by atoms with Crippen LogP contribution in [0.2, 0.25) is 0 Å². The molecule has 0 aliphatic heterocycles. The summed E-state index contributed by atoms with van der Waals surface area (Å²) < 4.78 is 1.12. The molecule has 2 unspecified atom stereocenters. The van der Waals surface area contributed by atoms with E-state index in [0.717, 1.165) is 9.13 Å². The van der Waals surface area contributed by atoms with E-state index in [0.29, 0.717) is 6.42 Å². The summed E-state index contributed by atoms with van der Waals surface area (Å²) in [4.78, 5) is 11.0. The Morgan fingerprint density at radius 2 is 2.27 bits per heavy atom. The predicted octanol–water partition coefficient (Wildman–Crippen LogP) is 3.31. The van der Waals surface area contributed by atoms with Gasteiger partial charge in [0.1, 0.15) is 0 Å². The lowest BCUT2D eigenvalue weighted by atomic mass is 9.86. The third-order valence-electron chi connectivity index (χ3n) is 2.65. The van der Waals surface area contributed by atoms with Gasteiger partial charge in [-0.3, -0.25) is 4.79 Å². The van der Waals surface area contributed by atoms with E-state index < -0.39 is 5.97 Å². The Morgan fingerprint density at radius 3 is 2.67 bits per heavy atom. The summed E-state index contributed by atoms with van der Waals surface area (Å²) >= 11 is 2.21. The Balaban J connectivity index is 2.87. The van der Waals surface area contributed by atoms with Crippen molar-refractivity contribution >= 4 is 28.6 Å². The average molecular weight is 317 g/mol. The first-order valence-corrected chi connectivity index (χ1v) is 6.04. The van der Waals surface area contributed by atoms with E-state index in [4.69, 9.17) is 5.11 Å².